The van der Waals surface area contributed by atoms with E-state index in [0.29, 0.717) is 13.0 Å². The van der Waals surface area contributed by atoms with Gasteiger partial charge in [-0.15, -0.1) is 0 Å². The Kier molecular flexibility index (Phi) is 4.26. The number of aliphatic hydroxyl groups is 1. The Morgan fingerprint density at radius 3 is 2.62 bits per heavy atom. The number of hydrogen-bond acceptors (Lipinski definition) is 4. The van der Waals surface area contributed by atoms with Gasteiger partial charge in [0.1, 0.15) is 0 Å². The molecule has 6 nitrogen and oxygen atoms in total. The molecule has 0 aliphatic carbocycles. The van der Waals surface area contributed by atoms with Crippen LogP contribution in [0.1, 0.15) is 19.8 Å². The van der Waals surface area contributed by atoms with Crippen LogP contribution in [0.2, 0.25) is 0 Å². The fourth-order valence-corrected chi connectivity index (χ4v) is 1.84. The van der Waals surface area contributed by atoms with Gasteiger partial charge in [0.2, 0.25) is 0 Å². The van der Waals surface area contributed by atoms with Gasteiger partial charge in [-0.25, -0.2) is 0 Å². The SMILES string of the molecule is CCCC1(O)CN(C(=O)C(=O)NCCN)C1. The lowest BCUT2D eigenvalue weighted by atomic mass is 9.89. The van der Waals surface area contributed by atoms with Crippen molar-refractivity contribution in [3.8, 4) is 0 Å². The first-order chi connectivity index (χ1) is 7.52. The van der Waals surface area contributed by atoms with Crippen LogP contribution in [0.5, 0.6) is 0 Å². The van der Waals surface area contributed by atoms with Crippen LogP contribution in [0.4, 0.5) is 0 Å². The van der Waals surface area contributed by atoms with Crippen molar-refractivity contribution in [2.75, 3.05) is 26.2 Å². The maximum atomic E-state index is 11.5. The Hall–Kier alpha value is -1.14. The number of carbonyl (C=O) groups is 2. The summed E-state index contributed by atoms with van der Waals surface area (Å²) in [5.74, 6) is -1.24. The van der Waals surface area contributed by atoms with Crippen LogP contribution in [0.15, 0.2) is 0 Å². The molecule has 0 atom stereocenters. The van der Waals surface area contributed by atoms with Gasteiger partial charge in [-0.3, -0.25) is 9.59 Å². The number of nitrogens with one attached hydrogen (secondary N) is 1. The Labute approximate surface area is 94.8 Å². The van der Waals surface area contributed by atoms with Crippen molar-refractivity contribution < 1.29 is 14.7 Å². The van der Waals surface area contributed by atoms with Gasteiger partial charge in [0, 0.05) is 13.1 Å². The molecule has 92 valence electrons. The van der Waals surface area contributed by atoms with Crippen molar-refractivity contribution in [3.05, 3.63) is 0 Å². The zero-order valence-electron chi connectivity index (χ0n) is 9.53. The zero-order valence-corrected chi connectivity index (χ0v) is 9.53. The molecule has 0 spiro atoms. The first-order valence-electron chi connectivity index (χ1n) is 5.52. The second-order valence-electron chi connectivity index (χ2n) is 4.18. The molecule has 0 unspecified atom stereocenters. The largest absolute Gasteiger partial charge is 0.386 e. The molecular weight excluding hydrogens is 210 g/mol. The first-order valence-corrected chi connectivity index (χ1v) is 5.52. The third kappa shape index (κ3) is 2.93. The molecule has 0 aromatic carbocycles. The van der Waals surface area contributed by atoms with Crippen LogP contribution < -0.4 is 11.1 Å². The van der Waals surface area contributed by atoms with E-state index in [2.05, 4.69) is 5.32 Å². The third-order valence-corrected chi connectivity index (χ3v) is 2.60. The van der Waals surface area contributed by atoms with E-state index < -0.39 is 17.4 Å². The molecule has 1 heterocycles. The van der Waals surface area contributed by atoms with Crippen LogP contribution in [0, 0.1) is 0 Å². The quantitative estimate of drug-likeness (QED) is 0.508. The number of amides is 2. The van der Waals surface area contributed by atoms with Crippen molar-refractivity contribution in [1.29, 1.82) is 0 Å². The lowest BCUT2D eigenvalue weighted by molar-refractivity contribution is -0.163. The monoisotopic (exact) mass is 229 g/mol. The maximum absolute atomic E-state index is 11.5. The van der Waals surface area contributed by atoms with E-state index in [0.717, 1.165) is 6.42 Å². The molecule has 0 aromatic rings. The summed E-state index contributed by atoms with van der Waals surface area (Å²) in [6, 6.07) is 0. The topological polar surface area (TPSA) is 95.7 Å². The molecule has 2 amide bonds. The summed E-state index contributed by atoms with van der Waals surface area (Å²) in [7, 11) is 0. The number of rotatable bonds is 4. The maximum Gasteiger partial charge on any atom is 0.312 e. The summed E-state index contributed by atoms with van der Waals surface area (Å²) in [4.78, 5) is 24.1. The highest BCUT2D eigenvalue weighted by Crippen LogP contribution is 2.25. The molecule has 1 aliphatic rings. The molecular formula is C10H19N3O3. The highest BCUT2D eigenvalue weighted by Gasteiger charge is 2.44. The first kappa shape index (κ1) is 12.9. The van der Waals surface area contributed by atoms with Crippen LogP contribution in [0.25, 0.3) is 0 Å². The van der Waals surface area contributed by atoms with Crippen LogP contribution in [-0.2, 0) is 9.59 Å². The van der Waals surface area contributed by atoms with Gasteiger partial charge in [-0.05, 0) is 6.42 Å². The zero-order chi connectivity index (χ0) is 12.2. The molecule has 6 heteroatoms. The molecule has 0 aromatic heterocycles. The summed E-state index contributed by atoms with van der Waals surface area (Å²) >= 11 is 0. The van der Waals surface area contributed by atoms with Gasteiger partial charge in [0.05, 0.1) is 18.7 Å². The number of carbonyl (C=O) groups excluding carboxylic acids is 2. The standard InChI is InChI=1S/C10H19N3O3/c1-2-3-10(16)6-13(7-10)9(15)8(14)12-5-4-11/h16H,2-7,11H2,1H3,(H,12,14). The lowest BCUT2D eigenvalue weighted by Gasteiger charge is -2.46. The summed E-state index contributed by atoms with van der Waals surface area (Å²) in [5, 5.41) is 12.2. The highest BCUT2D eigenvalue weighted by atomic mass is 16.3. The fraction of sp³-hybridized carbons (Fsp3) is 0.800. The smallest absolute Gasteiger partial charge is 0.312 e. The molecule has 0 saturated carbocycles. The average Bonchev–Trinajstić information content (AvgIpc) is 2.21. The van der Waals surface area contributed by atoms with Crippen LogP contribution >= 0.6 is 0 Å². The van der Waals surface area contributed by atoms with Crippen molar-refractivity contribution in [2.45, 2.75) is 25.4 Å². The van der Waals surface area contributed by atoms with Crippen molar-refractivity contribution in [2.24, 2.45) is 5.73 Å². The Morgan fingerprint density at radius 2 is 2.12 bits per heavy atom. The van der Waals surface area contributed by atoms with E-state index in [1.807, 2.05) is 6.92 Å². The Balaban J connectivity index is 2.34. The molecule has 1 rings (SSSR count). The molecule has 4 N–H and O–H groups in total. The van der Waals surface area contributed by atoms with E-state index in [1.165, 1.54) is 4.90 Å². The Morgan fingerprint density at radius 1 is 1.50 bits per heavy atom. The van der Waals surface area contributed by atoms with E-state index in [-0.39, 0.29) is 19.6 Å². The number of nitrogens with zero attached hydrogens (tertiary/aromatic N) is 1. The van der Waals surface area contributed by atoms with Gasteiger partial charge >= 0.3 is 11.8 Å². The van der Waals surface area contributed by atoms with Gasteiger partial charge in [0.15, 0.2) is 0 Å². The molecule has 1 fully saturated rings. The van der Waals surface area contributed by atoms with Crippen LogP contribution in [0.3, 0.4) is 0 Å². The summed E-state index contributed by atoms with van der Waals surface area (Å²) < 4.78 is 0. The van der Waals surface area contributed by atoms with Gasteiger partial charge < -0.3 is 21.1 Å². The van der Waals surface area contributed by atoms with E-state index in [1.54, 1.807) is 0 Å². The number of hydrogen-bond donors (Lipinski definition) is 3. The second-order valence-corrected chi connectivity index (χ2v) is 4.18. The van der Waals surface area contributed by atoms with Gasteiger partial charge in [-0.2, -0.15) is 0 Å². The lowest BCUT2D eigenvalue weighted by Crippen LogP contribution is -2.65. The van der Waals surface area contributed by atoms with E-state index >= 15 is 0 Å². The van der Waals surface area contributed by atoms with E-state index in [4.69, 9.17) is 5.73 Å². The minimum atomic E-state index is -0.793. The van der Waals surface area contributed by atoms with Gasteiger partial charge in [0.25, 0.3) is 0 Å². The molecule has 0 bridgehead atoms. The predicted molar refractivity (Wildman–Crippen MR) is 58.5 cm³/mol. The predicted octanol–water partition coefficient (Wildman–Crippen LogP) is -1.57. The summed E-state index contributed by atoms with van der Waals surface area (Å²) in [5.41, 5.74) is 4.41. The third-order valence-electron chi connectivity index (χ3n) is 2.60. The van der Waals surface area contributed by atoms with Crippen LogP contribution in [-0.4, -0.2) is 53.6 Å². The van der Waals surface area contributed by atoms with Crippen molar-refractivity contribution >= 4 is 11.8 Å². The normalized spacial score (nSPS) is 17.8. The highest BCUT2D eigenvalue weighted by molar-refractivity contribution is 6.35. The minimum absolute atomic E-state index is 0.246. The number of nitrogens with two attached hydrogens (primary N) is 1. The molecule has 0 radical (unpaired) electrons. The summed E-state index contributed by atoms with van der Waals surface area (Å²) in [6.45, 7) is 3.05. The molecule has 16 heavy (non-hydrogen) atoms. The van der Waals surface area contributed by atoms with Gasteiger partial charge in [-0.1, -0.05) is 13.3 Å². The summed E-state index contributed by atoms with van der Waals surface area (Å²) in [6.07, 6.45) is 1.51. The van der Waals surface area contributed by atoms with Crippen molar-refractivity contribution in [3.63, 3.8) is 0 Å². The average molecular weight is 229 g/mol. The molecule has 1 saturated heterocycles. The van der Waals surface area contributed by atoms with Crippen molar-refractivity contribution in [1.82, 2.24) is 10.2 Å². The Bertz CT molecular complexity index is 274. The molecule has 1 aliphatic heterocycles. The minimum Gasteiger partial charge on any atom is -0.386 e. The van der Waals surface area contributed by atoms with E-state index in [9.17, 15) is 14.7 Å². The number of β-amino-alcohol motifs (C(OH)–C–C–N with tert-alkyl or cyclic N) is 1. The number of likely N-dealkylation sites (tertiary alicyclic amines) is 1. The fourth-order valence-electron chi connectivity index (χ4n) is 1.84. The second kappa shape index (κ2) is 5.27.